The number of carbonyl (C=O) groups excluding carboxylic acids is 1. The topological polar surface area (TPSA) is 38.1 Å². The second kappa shape index (κ2) is 4.49. The van der Waals surface area contributed by atoms with Crippen LogP contribution in [0.25, 0.3) is 0 Å². The molecule has 1 unspecified atom stereocenters. The van der Waals surface area contributed by atoms with Gasteiger partial charge in [-0.1, -0.05) is 6.92 Å². The highest BCUT2D eigenvalue weighted by atomic mass is 32.1. The fourth-order valence-electron chi connectivity index (χ4n) is 2.09. The number of hydrogen-bond acceptors (Lipinski definition) is 3. The highest BCUT2D eigenvalue weighted by Gasteiger charge is 2.31. The SMILES string of the molecule is CCCn1ncc(C)c1N1CC(S)CC1=O. The zero-order chi connectivity index (χ0) is 11.7. The minimum absolute atomic E-state index is 0.150. The van der Waals surface area contributed by atoms with E-state index in [-0.39, 0.29) is 11.2 Å². The molecule has 0 aromatic carbocycles. The van der Waals surface area contributed by atoms with Crippen LogP contribution in [0.15, 0.2) is 6.20 Å². The lowest BCUT2D eigenvalue weighted by Gasteiger charge is -2.18. The quantitative estimate of drug-likeness (QED) is 0.814. The first-order valence-corrected chi connectivity index (χ1v) is 6.16. The van der Waals surface area contributed by atoms with Gasteiger partial charge in [0.1, 0.15) is 5.82 Å². The highest BCUT2D eigenvalue weighted by Crippen LogP contribution is 2.27. The van der Waals surface area contributed by atoms with Crippen LogP contribution < -0.4 is 4.90 Å². The lowest BCUT2D eigenvalue weighted by atomic mass is 10.3. The lowest BCUT2D eigenvalue weighted by Crippen LogP contribution is -2.28. The summed E-state index contributed by atoms with van der Waals surface area (Å²) in [5, 5.41) is 4.46. The maximum absolute atomic E-state index is 11.8. The molecule has 0 aliphatic carbocycles. The van der Waals surface area contributed by atoms with Crippen LogP contribution >= 0.6 is 12.6 Å². The molecule has 1 aromatic heterocycles. The van der Waals surface area contributed by atoms with Crippen molar-refractivity contribution in [1.29, 1.82) is 0 Å². The van der Waals surface area contributed by atoms with Crippen molar-refractivity contribution in [3.63, 3.8) is 0 Å². The predicted molar refractivity (Wildman–Crippen MR) is 67.0 cm³/mol. The summed E-state index contributed by atoms with van der Waals surface area (Å²) in [4.78, 5) is 13.6. The maximum Gasteiger partial charge on any atom is 0.229 e. The van der Waals surface area contributed by atoms with Gasteiger partial charge < -0.3 is 0 Å². The van der Waals surface area contributed by atoms with E-state index in [1.807, 2.05) is 22.7 Å². The van der Waals surface area contributed by atoms with Crippen LogP contribution in [-0.4, -0.2) is 27.5 Å². The zero-order valence-electron chi connectivity index (χ0n) is 9.68. The van der Waals surface area contributed by atoms with Crippen LogP contribution in [0.4, 0.5) is 5.82 Å². The molecule has 0 spiro atoms. The van der Waals surface area contributed by atoms with Crippen molar-refractivity contribution in [3.8, 4) is 0 Å². The Labute approximate surface area is 101 Å². The number of rotatable bonds is 3. The Balaban J connectivity index is 2.31. The molecule has 0 radical (unpaired) electrons. The predicted octanol–water partition coefficient (Wildman–Crippen LogP) is 1.64. The average Bonchev–Trinajstić information content (AvgIpc) is 2.71. The lowest BCUT2D eigenvalue weighted by molar-refractivity contribution is -0.117. The van der Waals surface area contributed by atoms with E-state index >= 15 is 0 Å². The van der Waals surface area contributed by atoms with Gasteiger partial charge >= 0.3 is 0 Å². The molecule has 2 heterocycles. The van der Waals surface area contributed by atoms with E-state index in [1.165, 1.54) is 0 Å². The standard InChI is InChI=1S/C11H17N3OS/c1-3-4-14-11(8(2)6-12-14)13-7-9(16)5-10(13)15/h6,9,16H,3-5,7H2,1-2H3. The van der Waals surface area contributed by atoms with Gasteiger partial charge in [-0.15, -0.1) is 0 Å². The second-order valence-corrected chi connectivity index (χ2v) is 4.97. The molecule has 1 aliphatic rings. The van der Waals surface area contributed by atoms with Gasteiger partial charge in [0, 0.05) is 30.3 Å². The van der Waals surface area contributed by atoms with Gasteiger partial charge in [0.25, 0.3) is 0 Å². The van der Waals surface area contributed by atoms with E-state index < -0.39 is 0 Å². The van der Waals surface area contributed by atoms with Gasteiger partial charge in [-0.3, -0.25) is 9.69 Å². The molecule has 1 aromatic rings. The van der Waals surface area contributed by atoms with Crippen molar-refractivity contribution >= 4 is 24.4 Å². The van der Waals surface area contributed by atoms with E-state index in [2.05, 4.69) is 24.7 Å². The van der Waals surface area contributed by atoms with E-state index in [9.17, 15) is 4.79 Å². The van der Waals surface area contributed by atoms with Gasteiger partial charge in [0.15, 0.2) is 0 Å². The minimum atomic E-state index is 0.150. The molecule has 0 saturated carbocycles. The fraction of sp³-hybridized carbons (Fsp3) is 0.636. The summed E-state index contributed by atoms with van der Waals surface area (Å²) in [5.74, 6) is 1.10. The normalized spacial score (nSPS) is 20.8. The molecule has 4 nitrogen and oxygen atoms in total. The van der Waals surface area contributed by atoms with E-state index in [1.54, 1.807) is 0 Å². The Morgan fingerprint density at radius 3 is 2.94 bits per heavy atom. The first-order chi connectivity index (χ1) is 7.63. The number of thiol groups is 1. The zero-order valence-corrected chi connectivity index (χ0v) is 10.6. The van der Waals surface area contributed by atoms with Crippen molar-refractivity contribution in [2.24, 2.45) is 0 Å². The Morgan fingerprint density at radius 1 is 1.62 bits per heavy atom. The smallest absolute Gasteiger partial charge is 0.229 e. The van der Waals surface area contributed by atoms with Gasteiger partial charge in [0.05, 0.1) is 6.20 Å². The molecular formula is C11H17N3OS. The van der Waals surface area contributed by atoms with Crippen LogP contribution in [0.2, 0.25) is 0 Å². The summed E-state index contributed by atoms with van der Waals surface area (Å²) in [5.41, 5.74) is 1.06. The number of carbonyl (C=O) groups is 1. The number of hydrogen-bond donors (Lipinski definition) is 1. The molecule has 1 amide bonds. The Kier molecular flexibility index (Phi) is 3.23. The van der Waals surface area contributed by atoms with Gasteiger partial charge in [-0.2, -0.15) is 17.7 Å². The molecule has 1 fully saturated rings. The third-order valence-electron chi connectivity index (χ3n) is 2.78. The van der Waals surface area contributed by atoms with E-state index in [4.69, 9.17) is 0 Å². The number of amides is 1. The summed E-state index contributed by atoms with van der Waals surface area (Å²) in [6.45, 7) is 5.64. The van der Waals surface area contributed by atoms with E-state index in [0.29, 0.717) is 13.0 Å². The number of aromatic nitrogens is 2. The van der Waals surface area contributed by atoms with Crippen molar-refractivity contribution in [2.45, 2.75) is 38.5 Å². The van der Waals surface area contributed by atoms with Crippen molar-refractivity contribution in [3.05, 3.63) is 11.8 Å². The Bertz CT molecular complexity index is 402. The first kappa shape index (κ1) is 11.5. The third kappa shape index (κ3) is 1.96. The van der Waals surface area contributed by atoms with Gasteiger partial charge in [0.2, 0.25) is 5.91 Å². The molecule has 0 bridgehead atoms. The molecule has 5 heteroatoms. The molecular weight excluding hydrogens is 222 g/mol. The summed E-state index contributed by atoms with van der Waals surface area (Å²) in [6.07, 6.45) is 3.37. The van der Waals surface area contributed by atoms with Crippen molar-refractivity contribution in [1.82, 2.24) is 9.78 Å². The van der Waals surface area contributed by atoms with Crippen LogP contribution in [0.1, 0.15) is 25.3 Å². The number of nitrogens with zero attached hydrogens (tertiary/aromatic N) is 3. The number of aryl methyl sites for hydroxylation is 2. The van der Waals surface area contributed by atoms with Gasteiger partial charge in [-0.25, -0.2) is 4.68 Å². The molecule has 88 valence electrons. The molecule has 1 aliphatic heterocycles. The molecule has 2 rings (SSSR count). The second-order valence-electron chi connectivity index (χ2n) is 4.24. The first-order valence-electron chi connectivity index (χ1n) is 5.64. The molecule has 1 atom stereocenters. The monoisotopic (exact) mass is 239 g/mol. The van der Waals surface area contributed by atoms with Crippen LogP contribution in [0, 0.1) is 6.92 Å². The molecule has 0 N–H and O–H groups in total. The molecule has 16 heavy (non-hydrogen) atoms. The molecule has 1 saturated heterocycles. The Morgan fingerprint density at radius 2 is 2.38 bits per heavy atom. The summed E-state index contributed by atoms with van der Waals surface area (Å²) < 4.78 is 1.92. The number of anilines is 1. The third-order valence-corrected chi connectivity index (χ3v) is 3.13. The van der Waals surface area contributed by atoms with Crippen molar-refractivity contribution in [2.75, 3.05) is 11.4 Å². The van der Waals surface area contributed by atoms with Crippen molar-refractivity contribution < 1.29 is 4.79 Å². The van der Waals surface area contributed by atoms with Gasteiger partial charge in [-0.05, 0) is 13.3 Å². The Hall–Kier alpha value is -0.970. The van der Waals surface area contributed by atoms with Crippen LogP contribution in [0.5, 0.6) is 0 Å². The summed E-state index contributed by atoms with van der Waals surface area (Å²) in [7, 11) is 0. The highest BCUT2D eigenvalue weighted by molar-refractivity contribution is 7.81. The average molecular weight is 239 g/mol. The van der Waals surface area contributed by atoms with Crippen LogP contribution in [0.3, 0.4) is 0 Å². The van der Waals surface area contributed by atoms with E-state index in [0.717, 1.165) is 24.3 Å². The largest absolute Gasteiger partial charge is 0.296 e. The van der Waals surface area contributed by atoms with Crippen LogP contribution in [-0.2, 0) is 11.3 Å². The minimum Gasteiger partial charge on any atom is -0.296 e. The fourth-order valence-corrected chi connectivity index (χ4v) is 2.41. The maximum atomic E-state index is 11.8. The summed E-state index contributed by atoms with van der Waals surface area (Å²) in [6, 6.07) is 0. The summed E-state index contributed by atoms with van der Waals surface area (Å²) >= 11 is 4.37.